The Morgan fingerprint density at radius 1 is 1.14 bits per heavy atom. The van der Waals surface area contributed by atoms with E-state index in [0.717, 1.165) is 35.7 Å². The smallest absolute Gasteiger partial charge is 0.127 e. The van der Waals surface area contributed by atoms with Gasteiger partial charge in [0.15, 0.2) is 0 Å². The van der Waals surface area contributed by atoms with E-state index in [2.05, 4.69) is 12.2 Å². The molecule has 3 aliphatic carbocycles. The summed E-state index contributed by atoms with van der Waals surface area (Å²) in [6.45, 7) is 2.16. The Kier molecular flexibility index (Phi) is 3.53. The highest BCUT2D eigenvalue weighted by Crippen LogP contribution is 2.58. The first-order valence-corrected chi connectivity index (χ1v) is 8.78. The summed E-state index contributed by atoms with van der Waals surface area (Å²) in [6.07, 6.45) is 8.09. The van der Waals surface area contributed by atoms with Crippen LogP contribution in [0.4, 0.5) is 4.39 Å². The van der Waals surface area contributed by atoms with Gasteiger partial charge in [0.1, 0.15) is 5.82 Å². The van der Waals surface area contributed by atoms with Crippen molar-refractivity contribution in [3.8, 4) is 0 Å². The summed E-state index contributed by atoms with van der Waals surface area (Å²) in [7, 11) is 0. The summed E-state index contributed by atoms with van der Waals surface area (Å²) in [5.74, 6) is 3.76. The lowest BCUT2D eigenvalue weighted by molar-refractivity contribution is 0.196. The number of hydrogen-bond donors (Lipinski definition) is 1. The quantitative estimate of drug-likeness (QED) is 0.847. The second-order valence-electron chi connectivity index (χ2n) is 7.41. The minimum absolute atomic E-state index is 0.0567. The molecule has 3 saturated carbocycles. The third-order valence-electron chi connectivity index (χ3n) is 6.53. The Bertz CT molecular complexity index is 514. The molecule has 1 aromatic rings. The van der Waals surface area contributed by atoms with E-state index in [-0.39, 0.29) is 11.9 Å². The number of rotatable bonds is 4. The third-order valence-corrected chi connectivity index (χ3v) is 6.53. The van der Waals surface area contributed by atoms with Crippen LogP contribution in [0.2, 0.25) is 0 Å². The van der Waals surface area contributed by atoms with Crippen LogP contribution in [0.3, 0.4) is 0 Å². The van der Waals surface area contributed by atoms with Gasteiger partial charge < -0.3 is 5.32 Å². The molecule has 0 spiro atoms. The highest BCUT2D eigenvalue weighted by atomic mass is 19.1. The highest BCUT2D eigenvalue weighted by molar-refractivity contribution is 5.21. The molecule has 114 valence electrons. The molecule has 0 heterocycles. The molecule has 1 aromatic carbocycles. The molecular weight excluding hydrogens is 261 g/mol. The number of halogens is 1. The van der Waals surface area contributed by atoms with E-state index < -0.39 is 0 Å². The lowest BCUT2D eigenvalue weighted by Crippen LogP contribution is -2.41. The third kappa shape index (κ3) is 2.23. The summed E-state index contributed by atoms with van der Waals surface area (Å²) in [5.41, 5.74) is 0.853. The van der Waals surface area contributed by atoms with E-state index in [0.29, 0.717) is 6.04 Å². The second-order valence-corrected chi connectivity index (χ2v) is 7.41. The van der Waals surface area contributed by atoms with Crippen LogP contribution >= 0.6 is 0 Å². The molecule has 1 nitrogen and oxygen atoms in total. The molecule has 0 radical (unpaired) electrons. The molecule has 1 N–H and O–H groups in total. The summed E-state index contributed by atoms with van der Waals surface area (Å²) in [5, 5.41) is 3.83. The van der Waals surface area contributed by atoms with Gasteiger partial charge in [-0.1, -0.05) is 31.5 Å². The Hall–Kier alpha value is -0.890. The first-order valence-electron chi connectivity index (χ1n) is 8.78. The SMILES string of the molecule is CCC(NC1CC2CC1C1CCCC21)c1ccccc1F. The van der Waals surface area contributed by atoms with Crippen molar-refractivity contribution in [2.45, 2.75) is 57.5 Å². The van der Waals surface area contributed by atoms with Crippen molar-refractivity contribution in [2.75, 3.05) is 0 Å². The van der Waals surface area contributed by atoms with Crippen LogP contribution in [-0.4, -0.2) is 6.04 Å². The van der Waals surface area contributed by atoms with Crippen LogP contribution in [0.25, 0.3) is 0 Å². The first-order chi connectivity index (χ1) is 10.3. The number of nitrogens with one attached hydrogen (secondary N) is 1. The number of hydrogen-bond acceptors (Lipinski definition) is 1. The van der Waals surface area contributed by atoms with Gasteiger partial charge >= 0.3 is 0 Å². The van der Waals surface area contributed by atoms with Gasteiger partial charge in [-0.15, -0.1) is 0 Å². The molecular formula is C19H26FN. The molecule has 0 saturated heterocycles. The van der Waals surface area contributed by atoms with E-state index in [1.165, 1.54) is 32.1 Å². The topological polar surface area (TPSA) is 12.0 Å². The standard InChI is InChI=1S/C19H26FN/c1-2-18(15-6-3-4-9-17(15)20)21-19-11-12-10-16(19)14-8-5-7-13(12)14/h3-4,6,9,12-14,16,18-19,21H,2,5,7-8,10-11H2,1H3. The molecule has 2 heteroatoms. The maximum atomic E-state index is 14.1. The molecule has 6 atom stereocenters. The normalized spacial score (nSPS) is 38.7. The molecule has 3 fully saturated rings. The highest BCUT2D eigenvalue weighted by Gasteiger charge is 2.53. The van der Waals surface area contributed by atoms with Gasteiger partial charge in [0, 0.05) is 17.6 Å². The predicted octanol–water partition coefficient (Wildman–Crippen LogP) is 4.69. The van der Waals surface area contributed by atoms with E-state index in [1.54, 1.807) is 12.1 Å². The van der Waals surface area contributed by atoms with E-state index in [9.17, 15) is 4.39 Å². The zero-order valence-corrected chi connectivity index (χ0v) is 12.9. The van der Waals surface area contributed by atoms with Crippen molar-refractivity contribution in [2.24, 2.45) is 23.7 Å². The Balaban J connectivity index is 1.50. The van der Waals surface area contributed by atoms with E-state index >= 15 is 0 Å². The molecule has 21 heavy (non-hydrogen) atoms. The molecule has 0 aromatic heterocycles. The predicted molar refractivity (Wildman–Crippen MR) is 83.4 cm³/mol. The molecule has 0 aliphatic heterocycles. The lowest BCUT2D eigenvalue weighted by atomic mass is 9.78. The average Bonchev–Trinajstić information content (AvgIpc) is 3.18. The Morgan fingerprint density at radius 3 is 2.76 bits per heavy atom. The molecule has 2 bridgehead atoms. The second kappa shape index (κ2) is 5.39. The van der Waals surface area contributed by atoms with E-state index in [4.69, 9.17) is 0 Å². The summed E-state index contributed by atoms with van der Waals surface area (Å²) in [4.78, 5) is 0. The fourth-order valence-electron chi connectivity index (χ4n) is 5.70. The average molecular weight is 287 g/mol. The fourth-order valence-corrected chi connectivity index (χ4v) is 5.70. The minimum Gasteiger partial charge on any atom is -0.307 e. The summed E-state index contributed by atoms with van der Waals surface area (Å²) >= 11 is 0. The molecule has 4 rings (SSSR count). The van der Waals surface area contributed by atoms with Gasteiger partial charge in [-0.2, -0.15) is 0 Å². The van der Waals surface area contributed by atoms with Crippen molar-refractivity contribution in [1.29, 1.82) is 0 Å². The van der Waals surface area contributed by atoms with Crippen molar-refractivity contribution < 1.29 is 4.39 Å². The summed E-state index contributed by atoms with van der Waals surface area (Å²) in [6, 6.07) is 8.08. The molecule has 6 unspecified atom stereocenters. The van der Waals surface area contributed by atoms with Crippen molar-refractivity contribution in [1.82, 2.24) is 5.32 Å². The monoisotopic (exact) mass is 287 g/mol. The summed E-state index contributed by atoms with van der Waals surface area (Å²) < 4.78 is 14.1. The van der Waals surface area contributed by atoms with Gasteiger partial charge in [-0.05, 0) is 61.8 Å². The van der Waals surface area contributed by atoms with Crippen LogP contribution in [0.15, 0.2) is 24.3 Å². The number of benzene rings is 1. The Labute approximate surface area is 127 Å². The van der Waals surface area contributed by atoms with Crippen molar-refractivity contribution >= 4 is 0 Å². The van der Waals surface area contributed by atoms with Crippen LogP contribution in [0, 0.1) is 29.5 Å². The van der Waals surface area contributed by atoms with Gasteiger partial charge in [0.2, 0.25) is 0 Å². The van der Waals surface area contributed by atoms with Crippen molar-refractivity contribution in [3.05, 3.63) is 35.6 Å². The van der Waals surface area contributed by atoms with E-state index in [1.807, 2.05) is 12.1 Å². The van der Waals surface area contributed by atoms with Gasteiger partial charge in [-0.25, -0.2) is 4.39 Å². The maximum Gasteiger partial charge on any atom is 0.127 e. The van der Waals surface area contributed by atoms with Crippen LogP contribution < -0.4 is 5.32 Å². The fraction of sp³-hybridized carbons (Fsp3) is 0.684. The van der Waals surface area contributed by atoms with Crippen LogP contribution in [0.1, 0.15) is 57.1 Å². The van der Waals surface area contributed by atoms with Gasteiger partial charge in [0.05, 0.1) is 0 Å². The largest absolute Gasteiger partial charge is 0.307 e. The zero-order valence-electron chi connectivity index (χ0n) is 12.9. The Morgan fingerprint density at radius 2 is 1.95 bits per heavy atom. The van der Waals surface area contributed by atoms with Crippen molar-refractivity contribution in [3.63, 3.8) is 0 Å². The molecule has 3 aliphatic rings. The zero-order chi connectivity index (χ0) is 14.4. The molecule has 0 amide bonds. The number of fused-ring (bicyclic) bond motifs is 5. The van der Waals surface area contributed by atoms with Crippen LogP contribution in [0.5, 0.6) is 0 Å². The van der Waals surface area contributed by atoms with Crippen LogP contribution in [-0.2, 0) is 0 Å². The first kappa shape index (κ1) is 13.8. The minimum atomic E-state index is -0.0567. The lowest BCUT2D eigenvalue weighted by Gasteiger charge is -2.35. The van der Waals surface area contributed by atoms with Gasteiger partial charge in [-0.3, -0.25) is 0 Å². The maximum absolute atomic E-state index is 14.1. The van der Waals surface area contributed by atoms with Gasteiger partial charge in [0.25, 0.3) is 0 Å².